The maximum atomic E-state index is 13.0. The molecule has 0 spiro atoms. The molecular weight excluding hydrogens is 416 g/mol. The Morgan fingerprint density at radius 2 is 1.94 bits per heavy atom. The Hall–Kier alpha value is -3.02. The fourth-order valence-corrected chi connectivity index (χ4v) is 4.01. The van der Waals surface area contributed by atoms with Gasteiger partial charge in [0.2, 0.25) is 5.82 Å². The summed E-state index contributed by atoms with van der Waals surface area (Å²) in [5.41, 5.74) is 4.72. The van der Waals surface area contributed by atoms with Crippen molar-refractivity contribution in [3.8, 4) is 6.07 Å². The van der Waals surface area contributed by atoms with E-state index < -0.39 is 0 Å². The van der Waals surface area contributed by atoms with Crippen LogP contribution in [0.3, 0.4) is 0 Å². The summed E-state index contributed by atoms with van der Waals surface area (Å²) in [6.45, 7) is 10.7. The van der Waals surface area contributed by atoms with E-state index in [1.54, 1.807) is 18.2 Å². The van der Waals surface area contributed by atoms with Gasteiger partial charge in [-0.3, -0.25) is 15.2 Å². The van der Waals surface area contributed by atoms with Gasteiger partial charge in [-0.1, -0.05) is 32.9 Å². The van der Waals surface area contributed by atoms with Crippen molar-refractivity contribution >= 4 is 11.7 Å². The van der Waals surface area contributed by atoms with E-state index >= 15 is 0 Å². The maximum Gasteiger partial charge on any atom is 0.269 e. The number of carbonyl (C=O) groups excluding carboxylic acids is 1. The Bertz CT molecular complexity index is 956. The van der Waals surface area contributed by atoms with E-state index in [0.717, 1.165) is 39.1 Å². The Morgan fingerprint density at radius 3 is 2.55 bits per heavy atom. The van der Waals surface area contributed by atoms with E-state index in [9.17, 15) is 4.79 Å². The molecule has 2 heterocycles. The number of piperidine rings is 1. The summed E-state index contributed by atoms with van der Waals surface area (Å²) in [7, 11) is 1.74. The molecule has 1 amide bonds. The number of rotatable bonds is 8. The number of nitrogens with zero attached hydrogens (tertiary/aromatic N) is 5. The zero-order valence-electron chi connectivity index (χ0n) is 20.0. The first kappa shape index (κ1) is 24.6. The SMILES string of the molecule is COCCN1CCC(c2ccc(C(=O)NN(CC(C)(C)C)c3ccnc(C#N)n3)cc2)CC1. The van der Waals surface area contributed by atoms with Crippen LogP contribution in [0.25, 0.3) is 0 Å². The highest BCUT2D eigenvalue weighted by atomic mass is 16.5. The Balaban J connectivity index is 1.66. The van der Waals surface area contributed by atoms with Crippen molar-refractivity contribution in [3.05, 3.63) is 53.5 Å². The number of methoxy groups -OCH3 is 1. The molecule has 1 aliphatic rings. The molecule has 2 aromatic rings. The van der Waals surface area contributed by atoms with E-state index in [4.69, 9.17) is 10.00 Å². The molecule has 0 unspecified atom stereocenters. The number of nitriles is 1. The van der Waals surface area contributed by atoms with E-state index in [-0.39, 0.29) is 17.1 Å². The summed E-state index contributed by atoms with van der Waals surface area (Å²) in [6, 6.07) is 11.5. The van der Waals surface area contributed by atoms with Crippen LogP contribution in [0, 0.1) is 16.7 Å². The summed E-state index contributed by atoms with van der Waals surface area (Å²) in [6.07, 6.45) is 3.76. The first-order valence-corrected chi connectivity index (χ1v) is 11.4. The lowest BCUT2D eigenvalue weighted by Crippen LogP contribution is -2.47. The van der Waals surface area contributed by atoms with Gasteiger partial charge in [-0.15, -0.1) is 0 Å². The lowest BCUT2D eigenvalue weighted by molar-refractivity contribution is 0.0945. The second-order valence-corrected chi connectivity index (χ2v) is 9.67. The Labute approximate surface area is 196 Å². The molecule has 0 atom stereocenters. The second-order valence-electron chi connectivity index (χ2n) is 9.67. The van der Waals surface area contributed by atoms with Crippen molar-refractivity contribution in [2.45, 2.75) is 39.5 Å². The van der Waals surface area contributed by atoms with Gasteiger partial charge >= 0.3 is 0 Å². The second kappa shape index (κ2) is 11.2. The Kier molecular flexibility index (Phi) is 8.37. The van der Waals surface area contributed by atoms with Crippen molar-refractivity contribution in [1.82, 2.24) is 20.3 Å². The van der Waals surface area contributed by atoms with Gasteiger partial charge in [-0.25, -0.2) is 4.98 Å². The number of carbonyl (C=O) groups is 1. The van der Waals surface area contributed by atoms with E-state index in [1.807, 2.05) is 18.2 Å². The molecule has 176 valence electrons. The highest BCUT2D eigenvalue weighted by Crippen LogP contribution is 2.28. The zero-order valence-corrected chi connectivity index (χ0v) is 20.0. The summed E-state index contributed by atoms with van der Waals surface area (Å²) in [5, 5.41) is 10.8. The number of ether oxygens (including phenoxy) is 1. The number of amides is 1. The molecule has 0 radical (unpaired) electrons. The van der Waals surface area contributed by atoms with Crippen LogP contribution in [0.15, 0.2) is 36.5 Å². The van der Waals surface area contributed by atoms with Crippen LogP contribution >= 0.6 is 0 Å². The number of hydrogen-bond acceptors (Lipinski definition) is 7. The molecule has 8 nitrogen and oxygen atoms in total. The largest absolute Gasteiger partial charge is 0.383 e. The molecule has 3 rings (SSSR count). The molecule has 33 heavy (non-hydrogen) atoms. The fourth-order valence-electron chi connectivity index (χ4n) is 4.01. The minimum Gasteiger partial charge on any atom is -0.383 e. The number of aromatic nitrogens is 2. The molecule has 1 aromatic heterocycles. The summed E-state index contributed by atoms with van der Waals surface area (Å²) < 4.78 is 5.18. The van der Waals surface area contributed by atoms with Crippen LogP contribution in [-0.4, -0.2) is 60.7 Å². The van der Waals surface area contributed by atoms with Gasteiger partial charge in [0.1, 0.15) is 6.07 Å². The number of hydrazine groups is 1. The number of anilines is 1. The third-order valence-electron chi connectivity index (χ3n) is 5.73. The van der Waals surface area contributed by atoms with Crippen LogP contribution in [0.2, 0.25) is 0 Å². The predicted molar refractivity (Wildman–Crippen MR) is 128 cm³/mol. The Morgan fingerprint density at radius 1 is 1.24 bits per heavy atom. The number of nitrogens with one attached hydrogen (secondary N) is 1. The highest BCUT2D eigenvalue weighted by molar-refractivity contribution is 5.95. The minimum atomic E-state index is -0.211. The third-order valence-corrected chi connectivity index (χ3v) is 5.73. The molecule has 1 N–H and O–H groups in total. The summed E-state index contributed by atoms with van der Waals surface area (Å²) in [5.74, 6) is 0.862. The fraction of sp³-hybridized carbons (Fsp3) is 0.520. The molecule has 8 heteroatoms. The van der Waals surface area contributed by atoms with Gasteiger partial charge in [-0.05, 0) is 55.0 Å². The van der Waals surface area contributed by atoms with Crippen LogP contribution in [0.1, 0.15) is 61.3 Å². The van der Waals surface area contributed by atoms with Crippen LogP contribution in [-0.2, 0) is 4.74 Å². The zero-order chi connectivity index (χ0) is 23.8. The lowest BCUT2D eigenvalue weighted by atomic mass is 9.89. The lowest BCUT2D eigenvalue weighted by Gasteiger charge is -2.32. The third kappa shape index (κ3) is 7.24. The van der Waals surface area contributed by atoms with Crippen molar-refractivity contribution in [2.24, 2.45) is 5.41 Å². The quantitative estimate of drug-likeness (QED) is 0.616. The first-order chi connectivity index (χ1) is 15.8. The monoisotopic (exact) mass is 450 g/mol. The average Bonchev–Trinajstić information content (AvgIpc) is 2.82. The maximum absolute atomic E-state index is 13.0. The van der Waals surface area contributed by atoms with Crippen molar-refractivity contribution in [1.29, 1.82) is 5.26 Å². The number of benzene rings is 1. The van der Waals surface area contributed by atoms with Crippen molar-refractivity contribution in [3.63, 3.8) is 0 Å². The molecule has 1 fully saturated rings. The molecular formula is C25H34N6O2. The average molecular weight is 451 g/mol. The smallest absolute Gasteiger partial charge is 0.269 e. The normalized spacial score (nSPS) is 15.1. The summed E-state index contributed by atoms with van der Waals surface area (Å²) >= 11 is 0. The topological polar surface area (TPSA) is 94.4 Å². The van der Waals surface area contributed by atoms with Crippen molar-refractivity contribution < 1.29 is 9.53 Å². The van der Waals surface area contributed by atoms with E-state index in [1.165, 1.54) is 11.8 Å². The van der Waals surface area contributed by atoms with Gasteiger partial charge in [0.15, 0.2) is 5.82 Å². The van der Waals surface area contributed by atoms with Crippen molar-refractivity contribution in [2.75, 3.05) is 44.9 Å². The minimum absolute atomic E-state index is 0.0679. The molecule has 1 aromatic carbocycles. The molecule has 1 aliphatic heterocycles. The van der Waals surface area contributed by atoms with E-state index in [2.05, 4.69) is 53.2 Å². The van der Waals surface area contributed by atoms with E-state index in [0.29, 0.717) is 23.8 Å². The van der Waals surface area contributed by atoms with Gasteiger partial charge in [-0.2, -0.15) is 10.2 Å². The standard InChI is InChI=1S/C25H34N6O2/c1-25(2,3)18-31(23-9-12-27-22(17-26)28-23)29-24(32)21-7-5-19(6-8-21)20-10-13-30(14-11-20)15-16-33-4/h5-9,12,20H,10-11,13-16,18H2,1-4H3,(H,29,32). The molecule has 0 aliphatic carbocycles. The van der Waals surface area contributed by atoms with Gasteiger partial charge in [0, 0.05) is 38.0 Å². The van der Waals surface area contributed by atoms with Crippen LogP contribution in [0.5, 0.6) is 0 Å². The number of likely N-dealkylation sites (tertiary alicyclic amines) is 1. The summed E-state index contributed by atoms with van der Waals surface area (Å²) in [4.78, 5) is 23.6. The van der Waals surface area contributed by atoms with Crippen LogP contribution in [0.4, 0.5) is 5.82 Å². The first-order valence-electron chi connectivity index (χ1n) is 11.4. The molecule has 0 saturated carbocycles. The molecule has 1 saturated heterocycles. The highest BCUT2D eigenvalue weighted by Gasteiger charge is 2.23. The van der Waals surface area contributed by atoms with Gasteiger partial charge in [0.05, 0.1) is 6.61 Å². The van der Waals surface area contributed by atoms with Gasteiger partial charge < -0.3 is 9.64 Å². The number of hydrogen-bond donors (Lipinski definition) is 1. The molecule has 0 bridgehead atoms. The predicted octanol–water partition coefficient (Wildman–Crippen LogP) is 3.37. The van der Waals surface area contributed by atoms with Gasteiger partial charge in [0.25, 0.3) is 5.91 Å². The van der Waals surface area contributed by atoms with Crippen LogP contribution < -0.4 is 10.4 Å².